The molecule has 2 aromatic carbocycles. The number of urea groups is 1. The third kappa shape index (κ3) is 3.48. The van der Waals surface area contributed by atoms with Gasteiger partial charge < -0.3 is 15.6 Å². The lowest BCUT2D eigenvalue weighted by atomic mass is 9.96. The molecule has 3 amide bonds. The Bertz CT molecular complexity index is 851. The number of hydrogen-bond donors (Lipinski definition) is 2. The highest BCUT2D eigenvalue weighted by Crippen LogP contribution is 2.34. The van der Waals surface area contributed by atoms with Crippen LogP contribution in [-0.4, -0.2) is 34.0 Å². The molecule has 1 saturated heterocycles. The van der Waals surface area contributed by atoms with E-state index in [9.17, 15) is 19.5 Å². The SMILES string of the molecule is NC(=O)N1C(=O)[C@H](c2ccc(Oc3ccc(Cl)cc3)cc2)C[C@@H]1C(=O)O. The fourth-order valence-electron chi connectivity index (χ4n) is 2.91. The molecular weight excluding hydrogens is 360 g/mol. The number of carboxylic acids is 1. The van der Waals surface area contributed by atoms with Crippen LogP contribution in [0.25, 0.3) is 0 Å². The van der Waals surface area contributed by atoms with Gasteiger partial charge in [0, 0.05) is 5.02 Å². The van der Waals surface area contributed by atoms with Gasteiger partial charge >= 0.3 is 12.0 Å². The van der Waals surface area contributed by atoms with Gasteiger partial charge in [-0.3, -0.25) is 4.79 Å². The number of halogens is 1. The fourth-order valence-corrected chi connectivity index (χ4v) is 3.04. The van der Waals surface area contributed by atoms with Crippen LogP contribution in [0.15, 0.2) is 48.5 Å². The van der Waals surface area contributed by atoms with Crippen molar-refractivity contribution in [2.45, 2.75) is 18.4 Å². The highest BCUT2D eigenvalue weighted by molar-refractivity contribution is 6.30. The number of likely N-dealkylation sites (tertiary alicyclic amines) is 1. The van der Waals surface area contributed by atoms with Crippen LogP contribution in [0, 0.1) is 0 Å². The standard InChI is InChI=1S/C18H15ClN2O5/c19-11-3-7-13(8-4-11)26-12-5-1-10(2-6-12)14-9-15(17(23)24)21(16(14)22)18(20)25/h1-8,14-15H,9H2,(H2,20,25)(H,23,24)/t14-,15+/m0/s1. The highest BCUT2D eigenvalue weighted by atomic mass is 35.5. The van der Waals surface area contributed by atoms with Crippen molar-refractivity contribution in [1.29, 1.82) is 0 Å². The van der Waals surface area contributed by atoms with Crippen LogP contribution in [0.3, 0.4) is 0 Å². The van der Waals surface area contributed by atoms with Crippen LogP contribution in [0.4, 0.5) is 4.79 Å². The molecule has 134 valence electrons. The van der Waals surface area contributed by atoms with Crippen molar-refractivity contribution in [1.82, 2.24) is 4.90 Å². The van der Waals surface area contributed by atoms with E-state index in [1.165, 1.54) is 0 Å². The van der Waals surface area contributed by atoms with Crippen molar-refractivity contribution >= 4 is 29.5 Å². The van der Waals surface area contributed by atoms with Crippen molar-refractivity contribution in [3.8, 4) is 11.5 Å². The Kier molecular flexibility index (Phi) is 4.81. The van der Waals surface area contributed by atoms with Crippen LogP contribution >= 0.6 is 11.6 Å². The number of nitrogens with zero attached hydrogens (tertiary/aromatic N) is 1. The van der Waals surface area contributed by atoms with E-state index in [0.717, 1.165) is 0 Å². The molecular formula is C18H15ClN2O5. The zero-order valence-electron chi connectivity index (χ0n) is 13.5. The Morgan fingerprint density at radius 1 is 1.08 bits per heavy atom. The molecule has 7 nitrogen and oxygen atoms in total. The third-order valence-electron chi connectivity index (χ3n) is 4.16. The molecule has 2 atom stereocenters. The number of rotatable bonds is 4. The molecule has 26 heavy (non-hydrogen) atoms. The summed E-state index contributed by atoms with van der Waals surface area (Å²) >= 11 is 5.82. The van der Waals surface area contributed by atoms with E-state index in [-0.39, 0.29) is 6.42 Å². The molecule has 3 N–H and O–H groups in total. The van der Waals surface area contributed by atoms with E-state index in [4.69, 9.17) is 22.1 Å². The van der Waals surface area contributed by atoms with Crippen LogP contribution < -0.4 is 10.5 Å². The Labute approximate surface area is 153 Å². The normalized spacial score (nSPS) is 19.4. The maximum atomic E-state index is 12.4. The quantitative estimate of drug-likeness (QED) is 0.854. The molecule has 3 rings (SSSR count). The average molecular weight is 375 g/mol. The van der Waals surface area contributed by atoms with Crippen molar-refractivity contribution in [3.63, 3.8) is 0 Å². The summed E-state index contributed by atoms with van der Waals surface area (Å²) in [6.45, 7) is 0. The van der Waals surface area contributed by atoms with Gasteiger partial charge in [0.25, 0.3) is 0 Å². The maximum Gasteiger partial charge on any atom is 0.327 e. The Balaban J connectivity index is 1.78. The van der Waals surface area contributed by atoms with E-state index in [1.807, 2.05) is 0 Å². The summed E-state index contributed by atoms with van der Waals surface area (Å²) in [5.74, 6) is -1.47. The van der Waals surface area contributed by atoms with E-state index in [1.54, 1.807) is 48.5 Å². The van der Waals surface area contributed by atoms with Gasteiger partial charge in [-0.05, 0) is 48.4 Å². The lowest BCUT2D eigenvalue weighted by Gasteiger charge is -2.16. The molecule has 0 aromatic heterocycles. The van der Waals surface area contributed by atoms with Crippen LogP contribution in [-0.2, 0) is 9.59 Å². The van der Waals surface area contributed by atoms with Gasteiger partial charge in [-0.2, -0.15) is 0 Å². The number of benzene rings is 2. The van der Waals surface area contributed by atoms with Crippen molar-refractivity contribution < 1.29 is 24.2 Å². The summed E-state index contributed by atoms with van der Waals surface area (Å²) in [7, 11) is 0. The zero-order valence-corrected chi connectivity index (χ0v) is 14.2. The number of carbonyl (C=O) groups excluding carboxylic acids is 2. The van der Waals surface area contributed by atoms with E-state index in [2.05, 4.69) is 0 Å². The summed E-state index contributed by atoms with van der Waals surface area (Å²) in [6.07, 6.45) is -0.0194. The van der Waals surface area contributed by atoms with E-state index >= 15 is 0 Å². The summed E-state index contributed by atoms with van der Waals surface area (Å²) in [6, 6.07) is 11.2. The number of aliphatic carboxylic acids is 1. The number of nitrogens with two attached hydrogens (primary N) is 1. The minimum atomic E-state index is -1.26. The number of primary amides is 1. The average Bonchev–Trinajstić information content (AvgIpc) is 2.95. The van der Waals surface area contributed by atoms with Crippen LogP contribution in [0.5, 0.6) is 11.5 Å². The first-order valence-corrected chi connectivity index (χ1v) is 8.13. The van der Waals surface area contributed by atoms with Crippen LogP contribution in [0.1, 0.15) is 17.9 Å². The van der Waals surface area contributed by atoms with E-state index < -0.39 is 29.9 Å². The van der Waals surface area contributed by atoms with Gasteiger partial charge in [0.1, 0.15) is 17.5 Å². The summed E-state index contributed by atoms with van der Waals surface area (Å²) in [4.78, 5) is 35.7. The Morgan fingerprint density at radius 3 is 2.08 bits per heavy atom. The monoisotopic (exact) mass is 374 g/mol. The number of imide groups is 1. The predicted octanol–water partition coefficient (Wildman–Crippen LogP) is 2.98. The van der Waals surface area contributed by atoms with Gasteiger partial charge in [-0.1, -0.05) is 23.7 Å². The van der Waals surface area contributed by atoms with Gasteiger partial charge in [0.15, 0.2) is 0 Å². The zero-order chi connectivity index (χ0) is 18.8. The summed E-state index contributed by atoms with van der Waals surface area (Å²) in [5.41, 5.74) is 5.74. The molecule has 0 radical (unpaired) electrons. The molecule has 8 heteroatoms. The minimum absolute atomic E-state index is 0.0194. The summed E-state index contributed by atoms with van der Waals surface area (Å²) < 4.78 is 5.67. The molecule has 1 fully saturated rings. The van der Waals surface area contributed by atoms with Crippen molar-refractivity contribution in [2.75, 3.05) is 0 Å². The van der Waals surface area contributed by atoms with E-state index in [0.29, 0.717) is 27.0 Å². The second-order valence-corrected chi connectivity index (χ2v) is 6.25. The first-order valence-electron chi connectivity index (χ1n) is 7.75. The molecule has 1 heterocycles. The minimum Gasteiger partial charge on any atom is -0.480 e. The Hall–Kier alpha value is -3.06. The van der Waals surface area contributed by atoms with Crippen LogP contribution in [0.2, 0.25) is 5.02 Å². The predicted molar refractivity (Wildman–Crippen MR) is 93.2 cm³/mol. The second-order valence-electron chi connectivity index (χ2n) is 5.81. The lowest BCUT2D eigenvalue weighted by Crippen LogP contribution is -2.46. The largest absolute Gasteiger partial charge is 0.480 e. The van der Waals surface area contributed by atoms with Crippen molar-refractivity contribution in [3.05, 3.63) is 59.1 Å². The molecule has 0 aliphatic carbocycles. The molecule has 0 bridgehead atoms. The number of hydrogen-bond acceptors (Lipinski definition) is 4. The maximum absolute atomic E-state index is 12.4. The Morgan fingerprint density at radius 2 is 1.62 bits per heavy atom. The molecule has 2 aromatic rings. The highest BCUT2D eigenvalue weighted by Gasteiger charge is 2.46. The fraction of sp³-hybridized carbons (Fsp3) is 0.167. The number of amides is 3. The molecule has 1 aliphatic rings. The first kappa shape index (κ1) is 17.8. The molecule has 0 saturated carbocycles. The summed E-state index contributed by atoms with van der Waals surface area (Å²) in [5, 5.41) is 9.81. The lowest BCUT2D eigenvalue weighted by molar-refractivity contribution is -0.144. The van der Waals surface area contributed by atoms with Gasteiger partial charge in [-0.15, -0.1) is 0 Å². The van der Waals surface area contributed by atoms with Gasteiger partial charge in [0.05, 0.1) is 5.92 Å². The number of ether oxygens (including phenoxy) is 1. The second kappa shape index (κ2) is 7.05. The smallest absolute Gasteiger partial charge is 0.327 e. The molecule has 0 spiro atoms. The number of carboxylic acid groups (broad SMARTS) is 1. The molecule has 1 aliphatic heterocycles. The third-order valence-corrected chi connectivity index (χ3v) is 4.41. The first-order chi connectivity index (χ1) is 12.4. The number of carbonyl (C=O) groups is 3. The van der Waals surface area contributed by atoms with Gasteiger partial charge in [0.2, 0.25) is 5.91 Å². The molecule has 0 unspecified atom stereocenters. The topological polar surface area (TPSA) is 110 Å². The van der Waals surface area contributed by atoms with Gasteiger partial charge in [-0.25, -0.2) is 14.5 Å². The van der Waals surface area contributed by atoms with Crippen molar-refractivity contribution in [2.24, 2.45) is 5.73 Å².